The van der Waals surface area contributed by atoms with Crippen molar-refractivity contribution in [2.75, 3.05) is 14.2 Å². The monoisotopic (exact) mass is 327 g/mol. The third-order valence-electron chi connectivity index (χ3n) is 3.90. The van der Waals surface area contributed by atoms with E-state index in [9.17, 15) is 9.59 Å². The van der Waals surface area contributed by atoms with E-state index in [2.05, 4.69) is 6.08 Å². The maximum atomic E-state index is 12.0. The second kappa shape index (κ2) is 6.46. The predicted octanol–water partition coefficient (Wildman–Crippen LogP) is 3.86. The number of hydrogen-bond donors (Lipinski definition) is 0. The average molecular weight is 327 g/mol. The molecule has 5 heteroatoms. The molecule has 0 N–H and O–H groups in total. The fourth-order valence-corrected chi connectivity index (χ4v) is 3.48. The van der Waals surface area contributed by atoms with Gasteiger partial charge in [-0.05, 0) is 41.5 Å². The highest BCUT2D eigenvalue weighted by molar-refractivity contribution is 8.18. The number of thioether (sulfide) groups is 1. The molecule has 0 spiro atoms. The van der Waals surface area contributed by atoms with Gasteiger partial charge in [-0.15, -0.1) is 0 Å². The van der Waals surface area contributed by atoms with Crippen LogP contribution in [0.1, 0.15) is 12.0 Å². The van der Waals surface area contributed by atoms with Gasteiger partial charge in [0.1, 0.15) is 5.75 Å². The van der Waals surface area contributed by atoms with Crippen LogP contribution in [0, 0.1) is 5.92 Å². The first-order chi connectivity index (χ1) is 11.1. The van der Waals surface area contributed by atoms with Crippen LogP contribution in [-0.2, 0) is 4.79 Å². The lowest BCUT2D eigenvalue weighted by atomic mass is 9.89. The van der Waals surface area contributed by atoms with Gasteiger partial charge in [0.15, 0.2) is 0 Å². The number of amides is 2. The topological polar surface area (TPSA) is 46.6 Å². The fourth-order valence-electron chi connectivity index (χ4n) is 2.61. The number of methoxy groups -OCH3 is 1. The van der Waals surface area contributed by atoms with Crippen molar-refractivity contribution in [3.8, 4) is 5.75 Å². The van der Waals surface area contributed by atoms with E-state index in [0.29, 0.717) is 4.91 Å². The number of imide groups is 1. The zero-order chi connectivity index (χ0) is 16.4. The molecule has 1 unspecified atom stereocenters. The van der Waals surface area contributed by atoms with Crippen LogP contribution in [0.25, 0.3) is 5.57 Å². The molecule has 1 aliphatic carbocycles. The summed E-state index contributed by atoms with van der Waals surface area (Å²) in [7, 11) is 3.16. The number of benzene rings is 1. The molecular formula is C18H17NO3S. The predicted molar refractivity (Wildman–Crippen MR) is 92.1 cm³/mol. The fraction of sp³-hybridized carbons (Fsp3) is 0.222. The first-order valence-electron chi connectivity index (χ1n) is 7.32. The van der Waals surface area contributed by atoms with Gasteiger partial charge in [0, 0.05) is 13.0 Å². The Bertz CT molecular complexity index is 748. The highest BCUT2D eigenvalue weighted by Gasteiger charge is 2.32. The van der Waals surface area contributed by atoms with E-state index in [1.807, 2.05) is 42.5 Å². The molecule has 1 aliphatic heterocycles. The second-order valence-electron chi connectivity index (χ2n) is 5.44. The molecule has 0 aromatic heterocycles. The van der Waals surface area contributed by atoms with Crippen molar-refractivity contribution in [2.45, 2.75) is 6.42 Å². The van der Waals surface area contributed by atoms with Gasteiger partial charge in [-0.25, -0.2) is 0 Å². The van der Waals surface area contributed by atoms with Crippen molar-refractivity contribution in [2.24, 2.45) is 5.92 Å². The molecule has 118 valence electrons. The molecule has 1 atom stereocenters. The van der Waals surface area contributed by atoms with Gasteiger partial charge in [0.05, 0.1) is 12.0 Å². The lowest BCUT2D eigenvalue weighted by molar-refractivity contribution is -0.121. The molecule has 1 fully saturated rings. The highest BCUT2D eigenvalue weighted by Crippen LogP contribution is 2.34. The van der Waals surface area contributed by atoms with Gasteiger partial charge in [0.25, 0.3) is 11.1 Å². The lowest BCUT2D eigenvalue weighted by Crippen LogP contribution is -2.22. The molecule has 4 nitrogen and oxygen atoms in total. The van der Waals surface area contributed by atoms with Crippen LogP contribution in [-0.4, -0.2) is 30.2 Å². The number of allylic oxidation sites excluding steroid dienone is 5. The Morgan fingerprint density at radius 2 is 2.17 bits per heavy atom. The standard InChI is InChI=1S/C18H17NO3S/c1-19-17(20)16(23-18(19)21)10-12-5-3-6-13(9-12)14-7-4-8-15(11-14)22-2/h3-8,10-12H,9H2,1-2H3/b16-10-. The number of nitrogens with zero attached hydrogens (tertiary/aromatic N) is 1. The van der Waals surface area contributed by atoms with Gasteiger partial charge >= 0.3 is 0 Å². The normalized spacial score (nSPS) is 22.7. The van der Waals surface area contributed by atoms with Crippen molar-refractivity contribution >= 4 is 28.5 Å². The molecule has 1 saturated heterocycles. The maximum Gasteiger partial charge on any atom is 0.293 e. The molecule has 3 rings (SSSR count). The Morgan fingerprint density at radius 1 is 1.35 bits per heavy atom. The molecule has 0 bridgehead atoms. The Balaban J connectivity index is 1.79. The van der Waals surface area contributed by atoms with Crippen LogP contribution in [0.5, 0.6) is 5.75 Å². The van der Waals surface area contributed by atoms with E-state index in [1.165, 1.54) is 12.6 Å². The number of carbonyl (C=O) groups excluding carboxylic acids is 2. The maximum absolute atomic E-state index is 12.0. The Morgan fingerprint density at radius 3 is 2.87 bits per heavy atom. The molecule has 0 radical (unpaired) electrons. The second-order valence-corrected chi connectivity index (χ2v) is 6.43. The third kappa shape index (κ3) is 3.24. The van der Waals surface area contributed by atoms with E-state index in [1.54, 1.807) is 7.11 Å². The number of ether oxygens (including phenoxy) is 1. The van der Waals surface area contributed by atoms with E-state index >= 15 is 0 Å². The lowest BCUT2D eigenvalue weighted by Gasteiger charge is -2.17. The molecule has 2 aliphatic rings. The van der Waals surface area contributed by atoms with Crippen LogP contribution in [0.3, 0.4) is 0 Å². The first kappa shape index (κ1) is 15.6. The molecule has 1 aromatic rings. The van der Waals surface area contributed by atoms with Crippen LogP contribution in [0.15, 0.2) is 53.5 Å². The summed E-state index contributed by atoms with van der Waals surface area (Å²) in [6.45, 7) is 0. The van der Waals surface area contributed by atoms with Gasteiger partial charge in [0.2, 0.25) is 0 Å². The number of carbonyl (C=O) groups is 2. The number of hydrogen-bond acceptors (Lipinski definition) is 4. The van der Waals surface area contributed by atoms with Gasteiger partial charge in [-0.1, -0.05) is 36.4 Å². The summed E-state index contributed by atoms with van der Waals surface area (Å²) >= 11 is 1.00. The van der Waals surface area contributed by atoms with Crippen LogP contribution in [0.2, 0.25) is 0 Å². The SMILES string of the molecule is COc1cccc(C2=CC=CC(/C=C3\SC(=O)N(C)C3=O)C2)c1. The summed E-state index contributed by atoms with van der Waals surface area (Å²) in [4.78, 5) is 25.2. The molecule has 1 aromatic carbocycles. The minimum Gasteiger partial charge on any atom is -0.497 e. The van der Waals surface area contributed by atoms with Gasteiger partial charge < -0.3 is 4.74 Å². The van der Waals surface area contributed by atoms with Crippen LogP contribution >= 0.6 is 11.8 Å². The summed E-state index contributed by atoms with van der Waals surface area (Å²) in [5, 5.41) is -0.218. The minimum atomic E-state index is -0.218. The van der Waals surface area contributed by atoms with Crippen molar-refractivity contribution in [1.29, 1.82) is 0 Å². The largest absolute Gasteiger partial charge is 0.497 e. The summed E-state index contributed by atoms with van der Waals surface area (Å²) in [6.07, 6.45) is 8.80. The summed E-state index contributed by atoms with van der Waals surface area (Å²) in [6, 6.07) is 7.93. The Kier molecular flexibility index (Phi) is 4.39. The van der Waals surface area contributed by atoms with E-state index < -0.39 is 0 Å². The van der Waals surface area contributed by atoms with Crippen molar-refractivity contribution in [3.63, 3.8) is 0 Å². The van der Waals surface area contributed by atoms with Crippen molar-refractivity contribution < 1.29 is 14.3 Å². The third-order valence-corrected chi connectivity index (χ3v) is 4.88. The molecule has 0 saturated carbocycles. The number of likely N-dealkylation sites (N-methyl/N-ethyl adjacent to an activating group) is 1. The van der Waals surface area contributed by atoms with E-state index in [4.69, 9.17) is 4.74 Å². The molecule has 2 amide bonds. The Hall–Kier alpha value is -2.27. The zero-order valence-corrected chi connectivity index (χ0v) is 13.8. The highest BCUT2D eigenvalue weighted by atomic mass is 32.2. The first-order valence-corrected chi connectivity index (χ1v) is 8.13. The summed E-state index contributed by atoms with van der Waals surface area (Å²) in [5.41, 5.74) is 2.29. The zero-order valence-electron chi connectivity index (χ0n) is 13.0. The average Bonchev–Trinajstić information content (AvgIpc) is 2.82. The van der Waals surface area contributed by atoms with Crippen LogP contribution < -0.4 is 4.74 Å². The molecule has 23 heavy (non-hydrogen) atoms. The molecular weight excluding hydrogens is 310 g/mol. The minimum absolute atomic E-state index is 0.104. The van der Waals surface area contributed by atoms with Gasteiger partial charge in [-0.2, -0.15) is 0 Å². The van der Waals surface area contributed by atoms with Gasteiger partial charge in [-0.3, -0.25) is 14.5 Å². The molecule has 1 heterocycles. The quantitative estimate of drug-likeness (QED) is 0.791. The summed E-state index contributed by atoms with van der Waals surface area (Å²) in [5.74, 6) is 0.708. The number of rotatable bonds is 3. The summed E-state index contributed by atoms with van der Waals surface area (Å²) < 4.78 is 5.27. The smallest absolute Gasteiger partial charge is 0.293 e. The van der Waals surface area contributed by atoms with Crippen LogP contribution in [0.4, 0.5) is 4.79 Å². The van der Waals surface area contributed by atoms with E-state index in [0.717, 1.165) is 34.4 Å². The van der Waals surface area contributed by atoms with Crippen molar-refractivity contribution in [1.82, 2.24) is 4.90 Å². The van der Waals surface area contributed by atoms with Crippen molar-refractivity contribution in [3.05, 3.63) is 59.0 Å². The Labute approximate surface area is 139 Å². The van der Waals surface area contributed by atoms with E-state index in [-0.39, 0.29) is 17.1 Å².